The van der Waals surface area contributed by atoms with Crippen LogP contribution >= 0.6 is 0 Å². The molecule has 1 heterocycles. The Morgan fingerprint density at radius 2 is 2.12 bits per heavy atom. The Kier molecular flexibility index (Phi) is 6.75. The van der Waals surface area contributed by atoms with Crippen molar-refractivity contribution in [1.29, 1.82) is 0 Å². The number of nitrogens with one attached hydrogen (secondary N) is 1. The molecule has 1 aliphatic heterocycles. The maximum absolute atomic E-state index is 12.7. The van der Waals surface area contributed by atoms with Crippen molar-refractivity contribution in [3.05, 3.63) is 42.5 Å². The lowest BCUT2D eigenvalue weighted by molar-refractivity contribution is -0.147. The summed E-state index contributed by atoms with van der Waals surface area (Å²) in [5.74, 6) is -0.875. The third-order valence-electron chi connectivity index (χ3n) is 4.24. The minimum atomic E-state index is -3.85. The molecule has 0 aromatic heterocycles. The molecule has 0 bridgehead atoms. The molecule has 0 radical (unpaired) electrons. The van der Waals surface area contributed by atoms with Gasteiger partial charge in [-0.15, -0.1) is 6.58 Å². The maximum atomic E-state index is 12.7. The molecule has 1 fully saturated rings. The van der Waals surface area contributed by atoms with Gasteiger partial charge in [0, 0.05) is 12.5 Å². The van der Waals surface area contributed by atoms with Crippen LogP contribution in [0.5, 0.6) is 0 Å². The van der Waals surface area contributed by atoms with E-state index in [1.54, 1.807) is 25.1 Å². The average molecular weight is 367 g/mol. The van der Waals surface area contributed by atoms with E-state index in [1.807, 2.05) is 6.92 Å². The molecule has 7 heteroatoms. The van der Waals surface area contributed by atoms with Crippen LogP contribution in [0.4, 0.5) is 0 Å². The summed E-state index contributed by atoms with van der Waals surface area (Å²) >= 11 is 0. The molecule has 6 nitrogen and oxygen atoms in total. The first-order valence-corrected chi connectivity index (χ1v) is 9.85. The second kappa shape index (κ2) is 8.60. The predicted molar refractivity (Wildman–Crippen MR) is 94.6 cm³/mol. The third kappa shape index (κ3) is 4.90. The maximum Gasteiger partial charge on any atom is 0.324 e. The zero-order chi connectivity index (χ0) is 18.4. The Morgan fingerprint density at radius 3 is 2.72 bits per heavy atom. The van der Waals surface area contributed by atoms with Gasteiger partial charge in [0.15, 0.2) is 0 Å². The van der Waals surface area contributed by atoms with Crippen molar-refractivity contribution in [2.75, 3.05) is 13.2 Å². The molecule has 0 aliphatic carbocycles. The predicted octanol–water partition coefficient (Wildman–Crippen LogP) is 2.19. The number of rotatable bonds is 8. The topological polar surface area (TPSA) is 81.7 Å². The molecule has 1 aliphatic rings. The minimum Gasteiger partial charge on any atom is -0.465 e. The van der Waals surface area contributed by atoms with Crippen molar-refractivity contribution in [3.63, 3.8) is 0 Å². The number of ether oxygens (including phenoxy) is 2. The average Bonchev–Trinajstić information content (AvgIpc) is 3.01. The monoisotopic (exact) mass is 367 g/mol. The third-order valence-corrected chi connectivity index (χ3v) is 5.70. The van der Waals surface area contributed by atoms with E-state index in [-0.39, 0.29) is 23.5 Å². The number of hydrogen-bond acceptors (Lipinski definition) is 5. The van der Waals surface area contributed by atoms with E-state index in [0.717, 1.165) is 5.56 Å². The van der Waals surface area contributed by atoms with Gasteiger partial charge in [0.2, 0.25) is 10.0 Å². The Balaban J connectivity index is 2.27. The molecule has 0 amide bonds. The Hall–Kier alpha value is -1.70. The van der Waals surface area contributed by atoms with Gasteiger partial charge in [-0.25, -0.2) is 8.42 Å². The van der Waals surface area contributed by atoms with Crippen LogP contribution in [0.1, 0.15) is 25.3 Å². The normalized spacial score (nSPS) is 21.7. The molecular weight excluding hydrogens is 342 g/mol. The van der Waals surface area contributed by atoms with Crippen LogP contribution in [-0.4, -0.2) is 39.7 Å². The fourth-order valence-electron chi connectivity index (χ4n) is 2.95. The van der Waals surface area contributed by atoms with Crippen LogP contribution in [0.2, 0.25) is 0 Å². The standard InChI is InChI=1S/C18H25NO5S/c1-4-6-16-15(11-12-24-16)17(18(20)23-5-2)19-25(21,22)14-9-7-13(3)8-10-14/h4,7-10,15-17,19H,1,5-6,11-12H2,2-3H3/t15-,16?,17+/m1/s1. The largest absolute Gasteiger partial charge is 0.465 e. The number of benzene rings is 1. The molecule has 1 unspecified atom stereocenters. The molecule has 1 aromatic carbocycles. The van der Waals surface area contributed by atoms with E-state index < -0.39 is 22.0 Å². The number of esters is 1. The van der Waals surface area contributed by atoms with Gasteiger partial charge >= 0.3 is 5.97 Å². The van der Waals surface area contributed by atoms with Gasteiger partial charge in [-0.2, -0.15) is 4.72 Å². The summed E-state index contributed by atoms with van der Waals surface area (Å²) < 4.78 is 38.7. The first kappa shape index (κ1) is 19.6. The van der Waals surface area contributed by atoms with Crippen molar-refractivity contribution in [1.82, 2.24) is 4.72 Å². The van der Waals surface area contributed by atoms with E-state index in [0.29, 0.717) is 19.4 Å². The lowest BCUT2D eigenvalue weighted by atomic mass is 9.91. The van der Waals surface area contributed by atoms with Gasteiger partial charge in [0.1, 0.15) is 6.04 Å². The van der Waals surface area contributed by atoms with Crippen LogP contribution in [0.3, 0.4) is 0 Å². The Bertz CT molecular complexity index is 699. The van der Waals surface area contributed by atoms with E-state index in [9.17, 15) is 13.2 Å². The number of hydrogen-bond donors (Lipinski definition) is 1. The van der Waals surface area contributed by atoms with E-state index in [2.05, 4.69) is 11.3 Å². The zero-order valence-electron chi connectivity index (χ0n) is 14.6. The van der Waals surface area contributed by atoms with Crippen LogP contribution in [-0.2, 0) is 24.3 Å². The number of aryl methyl sites for hydroxylation is 1. The summed E-state index contributed by atoms with van der Waals surface area (Å²) in [4.78, 5) is 12.5. The lowest BCUT2D eigenvalue weighted by Crippen LogP contribution is -2.49. The van der Waals surface area contributed by atoms with E-state index in [4.69, 9.17) is 9.47 Å². The molecular formula is C18H25NO5S. The molecule has 0 spiro atoms. The van der Waals surface area contributed by atoms with Crippen LogP contribution in [0, 0.1) is 12.8 Å². The first-order valence-electron chi connectivity index (χ1n) is 8.37. The molecule has 1 N–H and O–H groups in total. The molecule has 2 rings (SSSR count). The van der Waals surface area contributed by atoms with Gasteiger partial charge in [0.05, 0.1) is 17.6 Å². The number of carbonyl (C=O) groups is 1. The second-order valence-corrected chi connectivity index (χ2v) is 7.76. The molecule has 1 aromatic rings. The van der Waals surface area contributed by atoms with Gasteiger partial charge in [-0.05, 0) is 38.8 Å². The van der Waals surface area contributed by atoms with E-state index in [1.165, 1.54) is 12.1 Å². The Labute approximate surface area is 149 Å². The van der Waals surface area contributed by atoms with E-state index >= 15 is 0 Å². The summed E-state index contributed by atoms with van der Waals surface area (Å²) in [5, 5.41) is 0. The summed E-state index contributed by atoms with van der Waals surface area (Å²) in [5.41, 5.74) is 0.955. The van der Waals surface area contributed by atoms with Crippen LogP contribution in [0.15, 0.2) is 41.8 Å². The SMILES string of the molecule is C=CCC1OCC[C@H]1[C@H](NS(=O)(=O)c1ccc(C)cc1)C(=O)OCC. The molecule has 3 atom stereocenters. The summed E-state index contributed by atoms with van der Waals surface area (Å²) in [6, 6.07) is 5.48. The van der Waals surface area contributed by atoms with Crippen LogP contribution in [0.25, 0.3) is 0 Å². The zero-order valence-corrected chi connectivity index (χ0v) is 15.4. The first-order chi connectivity index (χ1) is 11.9. The number of carbonyl (C=O) groups excluding carboxylic acids is 1. The molecule has 1 saturated heterocycles. The quantitative estimate of drug-likeness (QED) is 0.563. The Morgan fingerprint density at radius 1 is 1.44 bits per heavy atom. The highest BCUT2D eigenvalue weighted by molar-refractivity contribution is 7.89. The number of sulfonamides is 1. The van der Waals surface area contributed by atoms with Crippen molar-refractivity contribution in [3.8, 4) is 0 Å². The van der Waals surface area contributed by atoms with Gasteiger partial charge in [-0.1, -0.05) is 23.8 Å². The summed E-state index contributed by atoms with van der Waals surface area (Å²) in [6.45, 7) is 7.92. The van der Waals surface area contributed by atoms with Crippen molar-refractivity contribution in [2.45, 2.75) is 43.7 Å². The fourth-order valence-corrected chi connectivity index (χ4v) is 4.18. The second-order valence-electron chi connectivity index (χ2n) is 6.05. The molecule has 0 saturated carbocycles. The molecule has 138 valence electrons. The van der Waals surface area contributed by atoms with Crippen molar-refractivity contribution in [2.24, 2.45) is 5.92 Å². The lowest BCUT2D eigenvalue weighted by Gasteiger charge is -2.26. The van der Waals surface area contributed by atoms with Gasteiger partial charge in [0.25, 0.3) is 0 Å². The van der Waals surface area contributed by atoms with Crippen molar-refractivity contribution < 1.29 is 22.7 Å². The highest BCUT2D eigenvalue weighted by Crippen LogP contribution is 2.28. The summed E-state index contributed by atoms with van der Waals surface area (Å²) in [7, 11) is -3.85. The fraction of sp³-hybridized carbons (Fsp3) is 0.500. The highest BCUT2D eigenvalue weighted by Gasteiger charge is 2.41. The van der Waals surface area contributed by atoms with Crippen LogP contribution < -0.4 is 4.72 Å². The van der Waals surface area contributed by atoms with Gasteiger partial charge in [-0.3, -0.25) is 4.79 Å². The smallest absolute Gasteiger partial charge is 0.324 e. The summed E-state index contributed by atoms with van der Waals surface area (Å²) in [6.07, 6.45) is 2.58. The highest BCUT2D eigenvalue weighted by atomic mass is 32.2. The molecule has 25 heavy (non-hydrogen) atoms. The van der Waals surface area contributed by atoms with Gasteiger partial charge < -0.3 is 9.47 Å². The minimum absolute atomic E-state index is 0.117. The van der Waals surface area contributed by atoms with Crippen molar-refractivity contribution >= 4 is 16.0 Å².